The largest absolute Gasteiger partial charge is 0.383 e. The molecule has 0 saturated carbocycles. The topological polar surface area (TPSA) is 68.2 Å². The van der Waals surface area contributed by atoms with E-state index >= 15 is 0 Å². The molecule has 0 aliphatic rings. The highest BCUT2D eigenvalue weighted by molar-refractivity contribution is 5.99. The number of ether oxygens (including phenoxy) is 1. The minimum absolute atomic E-state index is 0.355. The number of nitrogens with one attached hydrogen (secondary N) is 2. The highest BCUT2D eigenvalue weighted by Crippen LogP contribution is 2.18. The Labute approximate surface area is 123 Å². The van der Waals surface area contributed by atoms with Crippen molar-refractivity contribution in [2.24, 2.45) is 0 Å². The molecule has 1 aromatic carbocycles. The average Bonchev–Trinajstić information content (AvgIpc) is 2.90. The normalized spacial score (nSPS) is 10.5. The number of amides is 2. The monoisotopic (exact) mass is 314 g/mol. The van der Waals surface area contributed by atoms with Crippen LogP contribution in [0.2, 0.25) is 0 Å². The number of benzene rings is 1. The molecule has 2 amide bonds. The van der Waals surface area contributed by atoms with E-state index in [4.69, 9.17) is 4.74 Å². The zero-order valence-corrected chi connectivity index (χ0v) is 11.6. The predicted octanol–water partition coefficient (Wildman–Crippen LogP) is 2.59. The van der Waals surface area contributed by atoms with Crippen LogP contribution in [0, 0.1) is 17.5 Å². The van der Waals surface area contributed by atoms with E-state index in [0.29, 0.717) is 31.0 Å². The van der Waals surface area contributed by atoms with E-state index in [-0.39, 0.29) is 0 Å². The number of hydrogen-bond donors (Lipinski definition) is 2. The molecule has 0 bridgehead atoms. The van der Waals surface area contributed by atoms with E-state index in [1.165, 1.54) is 10.9 Å². The summed E-state index contributed by atoms with van der Waals surface area (Å²) in [6.07, 6.45) is 2.93. The molecule has 2 rings (SSSR count). The van der Waals surface area contributed by atoms with E-state index in [1.807, 2.05) is 0 Å². The van der Waals surface area contributed by atoms with Crippen LogP contribution in [-0.2, 0) is 11.3 Å². The van der Waals surface area contributed by atoms with Gasteiger partial charge in [-0.05, 0) is 0 Å². The number of halogens is 3. The lowest BCUT2D eigenvalue weighted by molar-refractivity contribution is 0.183. The zero-order chi connectivity index (χ0) is 16.1. The lowest BCUT2D eigenvalue weighted by Gasteiger charge is -2.07. The summed E-state index contributed by atoms with van der Waals surface area (Å²) in [5, 5.41) is 8.44. The molecule has 2 aromatic rings. The van der Waals surface area contributed by atoms with Gasteiger partial charge in [0, 0.05) is 25.4 Å². The second-order valence-electron chi connectivity index (χ2n) is 4.31. The first-order chi connectivity index (χ1) is 10.5. The molecule has 0 radical (unpaired) electrons. The van der Waals surface area contributed by atoms with Gasteiger partial charge in [0.05, 0.1) is 30.7 Å². The minimum atomic E-state index is -1.33. The number of carbonyl (C=O) groups excluding carboxylic acids is 1. The van der Waals surface area contributed by atoms with Gasteiger partial charge in [-0.25, -0.2) is 18.0 Å². The number of anilines is 2. The van der Waals surface area contributed by atoms with Crippen molar-refractivity contribution in [1.29, 1.82) is 0 Å². The number of rotatable bonds is 5. The van der Waals surface area contributed by atoms with Crippen LogP contribution in [0.3, 0.4) is 0 Å². The van der Waals surface area contributed by atoms with E-state index in [2.05, 4.69) is 15.7 Å². The van der Waals surface area contributed by atoms with Gasteiger partial charge in [-0.1, -0.05) is 0 Å². The second-order valence-corrected chi connectivity index (χ2v) is 4.31. The van der Waals surface area contributed by atoms with Gasteiger partial charge in [0.25, 0.3) is 0 Å². The molecule has 0 atom stereocenters. The highest BCUT2D eigenvalue weighted by Gasteiger charge is 2.12. The molecule has 1 heterocycles. The smallest absolute Gasteiger partial charge is 0.323 e. The van der Waals surface area contributed by atoms with Crippen molar-refractivity contribution in [3.63, 3.8) is 0 Å². The fraction of sp³-hybridized carbons (Fsp3) is 0.231. The van der Waals surface area contributed by atoms with Gasteiger partial charge in [-0.2, -0.15) is 5.10 Å². The molecule has 0 spiro atoms. The van der Waals surface area contributed by atoms with Gasteiger partial charge >= 0.3 is 6.03 Å². The Morgan fingerprint density at radius 3 is 2.68 bits per heavy atom. The summed E-state index contributed by atoms with van der Waals surface area (Å²) in [7, 11) is 1.55. The summed E-state index contributed by atoms with van der Waals surface area (Å²) >= 11 is 0. The lowest BCUT2D eigenvalue weighted by Crippen LogP contribution is -2.20. The van der Waals surface area contributed by atoms with E-state index in [1.54, 1.807) is 13.3 Å². The Morgan fingerprint density at radius 1 is 1.23 bits per heavy atom. The Hall–Kier alpha value is -2.55. The molecule has 6 nitrogen and oxygen atoms in total. The number of aromatic nitrogens is 2. The molecule has 9 heteroatoms. The standard InChI is InChI=1S/C13H13F3N4O2/c1-22-3-2-20-7-8(6-17-20)18-13(21)19-12-5-10(15)9(14)4-11(12)16/h4-7H,2-3H2,1H3,(H2,18,19,21). The van der Waals surface area contributed by atoms with Crippen LogP contribution < -0.4 is 10.6 Å². The van der Waals surface area contributed by atoms with Crippen molar-refractivity contribution in [1.82, 2.24) is 9.78 Å². The van der Waals surface area contributed by atoms with Gasteiger partial charge in [0.15, 0.2) is 11.6 Å². The third-order valence-corrected chi connectivity index (χ3v) is 2.67. The quantitative estimate of drug-likeness (QED) is 0.834. The van der Waals surface area contributed by atoms with E-state index in [9.17, 15) is 18.0 Å². The molecule has 118 valence electrons. The lowest BCUT2D eigenvalue weighted by atomic mass is 10.3. The fourth-order valence-corrected chi connectivity index (χ4v) is 1.64. The number of carbonyl (C=O) groups is 1. The molecule has 22 heavy (non-hydrogen) atoms. The third kappa shape index (κ3) is 3.98. The van der Waals surface area contributed by atoms with Crippen molar-refractivity contribution >= 4 is 17.4 Å². The van der Waals surface area contributed by atoms with Gasteiger partial charge < -0.3 is 15.4 Å². The maximum atomic E-state index is 13.4. The summed E-state index contributed by atoms with van der Waals surface area (Å²) in [5.74, 6) is -3.67. The summed E-state index contributed by atoms with van der Waals surface area (Å²) in [5.41, 5.74) is -0.111. The number of methoxy groups -OCH3 is 1. The van der Waals surface area contributed by atoms with Gasteiger partial charge in [-0.15, -0.1) is 0 Å². The summed E-state index contributed by atoms with van der Waals surface area (Å²) in [6.45, 7) is 0.949. The first kappa shape index (κ1) is 15.8. The number of hydrogen-bond acceptors (Lipinski definition) is 3. The molecule has 0 aliphatic carbocycles. The molecule has 0 fully saturated rings. The van der Waals surface area contributed by atoms with E-state index in [0.717, 1.165) is 0 Å². The van der Waals surface area contributed by atoms with E-state index < -0.39 is 29.2 Å². The highest BCUT2D eigenvalue weighted by atomic mass is 19.2. The number of nitrogens with zero attached hydrogens (tertiary/aromatic N) is 2. The fourth-order valence-electron chi connectivity index (χ4n) is 1.64. The number of urea groups is 1. The van der Waals surface area contributed by atoms with Crippen molar-refractivity contribution in [3.05, 3.63) is 42.0 Å². The molecule has 0 unspecified atom stereocenters. The zero-order valence-electron chi connectivity index (χ0n) is 11.6. The molecular weight excluding hydrogens is 301 g/mol. The second kappa shape index (κ2) is 6.94. The Kier molecular flexibility index (Phi) is 4.99. The Morgan fingerprint density at radius 2 is 1.95 bits per heavy atom. The third-order valence-electron chi connectivity index (χ3n) is 2.67. The molecule has 0 aliphatic heterocycles. The first-order valence-corrected chi connectivity index (χ1v) is 6.23. The first-order valence-electron chi connectivity index (χ1n) is 6.23. The SMILES string of the molecule is COCCn1cc(NC(=O)Nc2cc(F)c(F)cc2F)cn1. The van der Waals surface area contributed by atoms with Crippen molar-refractivity contribution < 1.29 is 22.7 Å². The predicted molar refractivity (Wildman–Crippen MR) is 73.1 cm³/mol. The van der Waals surface area contributed by atoms with Gasteiger partial charge in [-0.3, -0.25) is 4.68 Å². The summed E-state index contributed by atoms with van der Waals surface area (Å²) < 4.78 is 45.6. The Balaban J connectivity index is 1.98. The van der Waals surface area contributed by atoms with Crippen molar-refractivity contribution in [2.45, 2.75) is 6.54 Å². The molecule has 0 saturated heterocycles. The summed E-state index contributed by atoms with van der Waals surface area (Å²) in [6, 6.07) is 0.108. The van der Waals surface area contributed by atoms with Gasteiger partial charge in [0.1, 0.15) is 5.82 Å². The Bertz CT molecular complexity index is 675. The molecule has 2 N–H and O–H groups in total. The van der Waals surface area contributed by atoms with Crippen LogP contribution in [0.15, 0.2) is 24.5 Å². The minimum Gasteiger partial charge on any atom is -0.383 e. The van der Waals surface area contributed by atoms with Crippen molar-refractivity contribution in [3.8, 4) is 0 Å². The van der Waals surface area contributed by atoms with Crippen LogP contribution in [0.4, 0.5) is 29.3 Å². The maximum absolute atomic E-state index is 13.4. The summed E-state index contributed by atoms with van der Waals surface area (Å²) in [4.78, 5) is 11.7. The maximum Gasteiger partial charge on any atom is 0.323 e. The van der Waals surface area contributed by atoms with Crippen LogP contribution in [0.5, 0.6) is 0 Å². The van der Waals surface area contributed by atoms with Gasteiger partial charge in [0.2, 0.25) is 0 Å². The van der Waals surface area contributed by atoms with Crippen LogP contribution >= 0.6 is 0 Å². The van der Waals surface area contributed by atoms with Crippen molar-refractivity contribution in [2.75, 3.05) is 24.4 Å². The molecular formula is C13H13F3N4O2. The van der Waals surface area contributed by atoms with Crippen LogP contribution in [0.1, 0.15) is 0 Å². The van der Waals surface area contributed by atoms with Crippen LogP contribution in [0.25, 0.3) is 0 Å². The van der Waals surface area contributed by atoms with Crippen LogP contribution in [-0.4, -0.2) is 29.5 Å². The molecule has 1 aromatic heterocycles. The average molecular weight is 314 g/mol.